The minimum Gasteiger partial charge on any atom is -0.480 e. The molecular formula is C10H18N2O5. The molecule has 0 aromatic carbocycles. The molecule has 2 atom stereocenters. The van der Waals surface area contributed by atoms with Crippen LogP contribution in [0.5, 0.6) is 0 Å². The summed E-state index contributed by atoms with van der Waals surface area (Å²) >= 11 is 0. The molecule has 0 aromatic heterocycles. The van der Waals surface area contributed by atoms with E-state index < -0.39 is 24.6 Å². The number of carboxylic acids is 1. The lowest BCUT2D eigenvalue weighted by Crippen LogP contribution is -2.49. The van der Waals surface area contributed by atoms with E-state index in [4.69, 9.17) is 14.9 Å². The number of hydrogen-bond acceptors (Lipinski definition) is 4. The van der Waals surface area contributed by atoms with Crippen LogP contribution in [0.3, 0.4) is 0 Å². The van der Waals surface area contributed by atoms with Crippen LogP contribution in [-0.2, 0) is 9.53 Å². The molecule has 1 aliphatic rings. The number of amides is 2. The van der Waals surface area contributed by atoms with Crippen LogP contribution in [0.2, 0.25) is 0 Å². The molecule has 7 nitrogen and oxygen atoms in total. The zero-order valence-corrected chi connectivity index (χ0v) is 9.76. The van der Waals surface area contributed by atoms with Crippen molar-refractivity contribution in [3.8, 4) is 0 Å². The fourth-order valence-electron chi connectivity index (χ4n) is 1.62. The summed E-state index contributed by atoms with van der Waals surface area (Å²) in [5, 5.41) is 19.7. The number of aliphatic carboxylic acids is 1. The quantitative estimate of drug-likeness (QED) is 0.593. The van der Waals surface area contributed by atoms with Crippen LogP contribution in [0.1, 0.15) is 12.8 Å². The Hall–Kier alpha value is -1.34. The molecular weight excluding hydrogens is 228 g/mol. The summed E-state index contributed by atoms with van der Waals surface area (Å²) in [7, 11) is 1.56. The van der Waals surface area contributed by atoms with Crippen LogP contribution in [0.15, 0.2) is 0 Å². The number of aliphatic hydroxyl groups is 1. The highest BCUT2D eigenvalue weighted by Crippen LogP contribution is 2.12. The highest BCUT2D eigenvalue weighted by Gasteiger charge is 2.23. The fraction of sp³-hybridized carbons (Fsp3) is 0.800. The van der Waals surface area contributed by atoms with Crippen molar-refractivity contribution in [3.05, 3.63) is 0 Å². The van der Waals surface area contributed by atoms with Gasteiger partial charge in [-0.25, -0.2) is 9.59 Å². The van der Waals surface area contributed by atoms with Gasteiger partial charge in [-0.05, 0) is 12.8 Å². The number of urea groups is 1. The Bertz CT molecular complexity index is 278. The van der Waals surface area contributed by atoms with E-state index in [0.717, 1.165) is 12.8 Å². The molecule has 1 saturated heterocycles. The first kappa shape index (κ1) is 13.7. The van der Waals surface area contributed by atoms with Gasteiger partial charge in [-0.1, -0.05) is 0 Å². The SMILES string of the molecule is CN(CC1CCCO1)C(=O)N[C@H](CO)C(=O)O. The van der Waals surface area contributed by atoms with Gasteiger partial charge in [0, 0.05) is 20.2 Å². The standard InChI is InChI=1S/C10H18N2O5/c1-12(5-7-3-2-4-17-7)10(16)11-8(6-13)9(14)15/h7-8,13H,2-6H2,1H3,(H,11,16)(H,14,15)/t7?,8-/m1/s1. The third-order valence-electron chi connectivity index (χ3n) is 2.63. The van der Waals surface area contributed by atoms with Gasteiger partial charge in [-0.2, -0.15) is 0 Å². The van der Waals surface area contributed by atoms with E-state index in [1.807, 2.05) is 0 Å². The molecule has 0 aliphatic carbocycles. The lowest BCUT2D eigenvalue weighted by atomic mass is 10.2. The third-order valence-corrected chi connectivity index (χ3v) is 2.63. The van der Waals surface area contributed by atoms with Crippen LogP contribution in [0, 0.1) is 0 Å². The number of aliphatic hydroxyl groups excluding tert-OH is 1. The van der Waals surface area contributed by atoms with E-state index >= 15 is 0 Å². The molecule has 1 unspecified atom stereocenters. The summed E-state index contributed by atoms with van der Waals surface area (Å²) in [5.41, 5.74) is 0. The summed E-state index contributed by atoms with van der Waals surface area (Å²) in [6.45, 7) is 0.493. The summed E-state index contributed by atoms with van der Waals surface area (Å²) in [4.78, 5) is 23.6. The lowest BCUT2D eigenvalue weighted by molar-refractivity contribution is -0.140. The summed E-state index contributed by atoms with van der Waals surface area (Å²) < 4.78 is 5.37. The number of carboxylic acid groups (broad SMARTS) is 1. The Balaban J connectivity index is 2.37. The highest BCUT2D eigenvalue weighted by atomic mass is 16.5. The second kappa shape index (κ2) is 6.41. The van der Waals surface area contributed by atoms with E-state index in [1.54, 1.807) is 7.05 Å². The number of nitrogens with one attached hydrogen (secondary N) is 1. The maximum Gasteiger partial charge on any atom is 0.328 e. The number of carbonyl (C=O) groups is 2. The molecule has 0 aromatic rings. The molecule has 0 radical (unpaired) electrons. The molecule has 0 spiro atoms. The molecule has 1 rings (SSSR count). The molecule has 1 heterocycles. The zero-order chi connectivity index (χ0) is 12.8. The van der Waals surface area contributed by atoms with Crippen molar-refractivity contribution in [1.82, 2.24) is 10.2 Å². The maximum atomic E-state index is 11.6. The van der Waals surface area contributed by atoms with Crippen molar-refractivity contribution in [3.63, 3.8) is 0 Å². The largest absolute Gasteiger partial charge is 0.480 e. The second-order valence-electron chi connectivity index (χ2n) is 4.04. The van der Waals surface area contributed by atoms with E-state index in [-0.39, 0.29) is 6.10 Å². The van der Waals surface area contributed by atoms with Crippen LogP contribution in [0.25, 0.3) is 0 Å². The Kier molecular flexibility index (Phi) is 5.17. The third kappa shape index (κ3) is 4.20. The van der Waals surface area contributed by atoms with Gasteiger partial charge < -0.3 is 25.2 Å². The van der Waals surface area contributed by atoms with Gasteiger partial charge in [0.25, 0.3) is 0 Å². The summed E-state index contributed by atoms with van der Waals surface area (Å²) in [6, 6.07) is -1.80. The van der Waals surface area contributed by atoms with Crippen LogP contribution < -0.4 is 5.32 Å². The second-order valence-corrected chi connectivity index (χ2v) is 4.04. The van der Waals surface area contributed by atoms with E-state index in [0.29, 0.717) is 13.2 Å². The summed E-state index contributed by atoms with van der Waals surface area (Å²) in [6.07, 6.45) is 1.90. The number of nitrogens with zero attached hydrogens (tertiary/aromatic N) is 1. The molecule has 0 saturated carbocycles. The van der Waals surface area contributed by atoms with Crippen molar-refractivity contribution in [1.29, 1.82) is 0 Å². The van der Waals surface area contributed by atoms with E-state index in [9.17, 15) is 9.59 Å². The molecule has 3 N–H and O–H groups in total. The maximum absolute atomic E-state index is 11.6. The monoisotopic (exact) mass is 246 g/mol. The number of hydrogen-bond donors (Lipinski definition) is 3. The first-order valence-electron chi connectivity index (χ1n) is 5.51. The minimum atomic E-state index is -1.27. The Morgan fingerprint density at radius 3 is 2.76 bits per heavy atom. The summed E-state index contributed by atoms with van der Waals surface area (Å²) in [5.74, 6) is -1.26. The van der Waals surface area contributed by atoms with Crippen LogP contribution >= 0.6 is 0 Å². The van der Waals surface area contributed by atoms with Crippen molar-refractivity contribution >= 4 is 12.0 Å². The van der Waals surface area contributed by atoms with Crippen molar-refractivity contribution < 1.29 is 24.5 Å². The Labute approximate surface area is 99.4 Å². The highest BCUT2D eigenvalue weighted by molar-refractivity contribution is 5.82. The Morgan fingerprint density at radius 2 is 2.29 bits per heavy atom. The van der Waals surface area contributed by atoms with Crippen LogP contribution in [-0.4, -0.2) is 66.1 Å². The van der Waals surface area contributed by atoms with Gasteiger partial charge in [0.15, 0.2) is 6.04 Å². The molecule has 7 heteroatoms. The molecule has 1 fully saturated rings. The molecule has 2 amide bonds. The minimum absolute atomic E-state index is 0.0168. The van der Waals surface area contributed by atoms with Crippen molar-refractivity contribution in [2.45, 2.75) is 25.0 Å². The van der Waals surface area contributed by atoms with E-state index in [1.165, 1.54) is 4.90 Å². The normalized spacial score (nSPS) is 20.9. The Morgan fingerprint density at radius 1 is 1.59 bits per heavy atom. The van der Waals surface area contributed by atoms with Crippen LogP contribution in [0.4, 0.5) is 4.79 Å². The number of likely N-dealkylation sites (N-methyl/N-ethyl adjacent to an activating group) is 1. The first-order chi connectivity index (χ1) is 8.04. The molecule has 17 heavy (non-hydrogen) atoms. The van der Waals surface area contributed by atoms with Gasteiger partial charge in [0.2, 0.25) is 0 Å². The average molecular weight is 246 g/mol. The number of ether oxygens (including phenoxy) is 1. The first-order valence-corrected chi connectivity index (χ1v) is 5.51. The predicted octanol–water partition coefficient (Wildman–Crippen LogP) is -0.748. The fourth-order valence-corrected chi connectivity index (χ4v) is 1.62. The van der Waals surface area contributed by atoms with Gasteiger partial charge in [-0.3, -0.25) is 0 Å². The van der Waals surface area contributed by atoms with Gasteiger partial charge in [0.05, 0.1) is 12.7 Å². The molecule has 1 aliphatic heterocycles. The topological polar surface area (TPSA) is 99.1 Å². The average Bonchev–Trinajstić information content (AvgIpc) is 2.77. The predicted molar refractivity (Wildman–Crippen MR) is 58.6 cm³/mol. The van der Waals surface area contributed by atoms with Crippen molar-refractivity contribution in [2.75, 3.05) is 26.8 Å². The lowest BCUT2D eigenvalue weighted by Gasteiger charge is -2.22. The number of rotatable bonds is 5. The van der Waals surface area contributed by atoms with Gasteiger partial charge in [0.1, 0.15) is 0 Å². The zero-order valence-electron chi connectivity index (χ0n) is 9.76. The molecule has 98 valence electrons. The smallest absolute Gasteiger partial charge is 0.328 e. The molecule has 0 bridgehead atoms. The van der Waals surface area contributed by atoms with E-state index in [2.05, 4.69) is 5.32 Å². The van der Waals surface area contributed by atoms with Crippen molar-refractivity contribution in [2.24, 2.45) is 0 Å². The number of carbonyl (C=O) groups excluding carboxylic acids is 1. The van der Waals surface area contributed by atoms with Gasteiger partial charge in [-0.15, -0.1) is 0 Å². The van der Waals surface area contributed by atoms with Gasteiger partial charge >= 0.3 is 12.0 Å².